The smallest absolute Gasteiger partial charge is 0.294 e. The third-order valence-electron chi connectivity index (χ3n) is 5.28. The zero-order valence-electron chi connectivity index (χ0n) is 17.4. The number of nitrogens with zero attached hydrogens (tertiary/aromatic N) is 1. The topological polar surface area (TPSA) is 130 Å². The third-order valence-corrected chi connectivity index (χ3v) is 6.79. The zero-order chi connectivity index (χ0) is 22.6. The van der Waals surface area contributed by atoms with E-state index in [0.717, 1.165) is 31.7 Å². The summed E-state index contributed by atoms with van der Waals surface area (Å²) in [7, 11) is -3.87. The van der Waals surface area contributed by atoms with Gasteiger partial charge in [0.1, 0.15) is 5.69 Å². The molecule has 2 aromatic rings. The molecular weight excluding hydrogens is 420 g/mol. The van der Waals surface area contributed by atoms with Crippen LogP contribution >= 0.6 is 0 Å². The van der Waals surface area contributed by atoms with Crippen LogP contribution in [0, 0.1) is 16.0 Å². The fourth-order valence-corrected chi connectivity index (χ4v) is 4.96. The van der Waals surface area contributed by atoms with Gasteiger partial charge in [-0.05, 0) is 61.9 Å². The lowest BCUT2D eigenvalue weighted by Crippen LogP contribution is -2.37. The van der Waals surface area contributed by atoms with Gasteiger partial charge in [-0.15, -0.1) is 0 Å². The van der Waals surface area contributed by atoms with Gasteiger partial charge < -0.3 is 10.6 Å². The Kier molecular flexibility index (Phi) is 6.91. The van der Waals surface area contributed by atoms with E-state index in [1.54, 1.807) is 24.3 Å². The summed E-state index contributed by atoms with van der Waals surface area (Å²) in [4.78, 5) is 22.1. The van der Waals surface area contributed by atoms with Gasteiger partial charge in [0.2, 0.25) is 15.9 Å². The lowest BCUT2D eigenvalue weighted by Gasteiger charge is -2.26. The normalized spacial score (nSPS) is 18.9. The van der Waals surface area contributed by atoms with Crippen LogP contribution in [0.4, 0.5) is 22.7 Å². The SMILES string of the molecule is CC(=O)Nc1cccc(Nc2ccc(S(=O)(=O)NC3CCC(C)CC3)cc2[N+](=O)[O-])c1. The molecule has 3 rings (SSSR count). The number of amides is 1. The van der Waals surface area contributed by atoms with Gasteiger partial charge in [0.15, 0.2) is 0 Å². The molecule has 166 valence electrons. The first-order chi connectivity index (χ1) is 14.6. The maximum atomic E-state index is 12.8. The van der Waals surface area contributed by atoms with Crippen molar-refractivity contribution in [3.63, 3.8) is 0 Å². The summed E-state index contributed by atoms with van der Waals surface area (Å²) in [5.41, 5.74) is 0.838. The van der Waals surface area contributed by atoms with Crippen molar-refractivity contribution in [3.05, 3.63) is 52.6 Å². The molecule has 0 aliphatic heterocycles. The largest absolute Gasteiger partial charge is 0.350 e. The summed E-state index contributed by atoms with van der Waals surface area (Å²) in [5, 5.41) is 17.2. The number of benzene rings is 2. The number of nitrogens with one attached hydrogen (secondary N) is 3. The second-order valence-corrected chi connectivity index (χ2v) is 9.62. The maximum Gasteiger partial charge on any atom is 0.294 e. The number of nitro benzene ring substituents is 1. The lowest BCUT2D eigenvalue weighted by molar-refractivity contribution is -0.384. The Hall–Kier alpha value is -2.98. The van der Waals surface area contributed by atoms with Crippen LogP contribution in [0.5, 0.6) is 0 Å². The van der Waals surface area contributed by atoms with Crippen LogP contribution in [-0.2, 0) is 14.8 Å². The van der Waals surface area contributed by atoms with E-state index >= 15 is 0 Å². The first-order valence-corrected chi connectivity index (χ1v) is 11.6. The molecule has 0 unspecified atom stereocenters. The zero-order valence-corrected chi connectivity index (χ0v) is 18.2. The van der Waals surface area contributed by atoms with Crippen molar-refractivity contribution in [3.8, 4) is 0 Å². The monoisotopic (exact) mass is 446 g/mol. The Labute approximate surface area is 181 Å². The fraction of sp³-hybridized carbons (Fsp3) is 0.381. The number of carbonyl (C=O) groups is 1. The lowest BCUT2D eigenvalue weighted by atomic mass is 9.88. The van der Waals surface area contributed by atoms with Crippen LogP contribution in [0.25, 0.3) is 0 Å². The van der Waals surface area contributed by atoms with Crippen LogP contribution in [0.15, 0.2) is 47.4 Å². The van der Waals surface area contributed by atoms with E-state index in [2.05, 4.69) is 22.3 Å². The minimum Gasteiger partial charge on any atom is -0.350 e. The first-order valence-electron chi connectivity index (χ1n) is 10.1. The van der Waals surface area contributed by atoms with E-state index in [0.29, 0.717) is 17.3 Å². The molecule has 0 bridgehead atoms. The maximum absolute atomic E-state index is 12.8. The molecule has 0 radical (unpaired) electrons. The van der Waals surface area contributed by atoms with Crippen molar-refractivity contribution in [1.29, 1.82) is 0 Å². The molecule has 31 heavy (non-hydrogen) atoms. The summed E-state index contributed by atoms with van der Waals surface area (Å²) in [5.74, 6) is 0.342. The predicted octanol–water partition coefficient (Wildman–Crippen LogP) is 4.15. The van der Waals surface area contributed by atoms with Gasteiger partial charge >= 0.3 is 0 Å². The Balaban J connectivity index is 1.83. The van der Waals surface area contributed by atoms with Crippen molar-refractivity contribution < 1.29 is 18.1 Å². The molecule has 3 N–H and O–H groups in total. The van der Waals surface area contributed by atoms with E-state index in [-0.39, 0.29) is 28.2 Å². The van der Waals surface area contributed by atoms with Crippen molar-refractivity contribution in [2.75, 3.05) is 10.6 Å². The molecule has 2 aromatic carbocycles. The van der Waals surface area contributed by atoms with E-state index in [1.807, 2.05) is 0 Å². The second-order valence-electron chi connectivity index (χ2n) is 7.90. The van der Waals surface area contributed by atoms with Crippen LogP contribution in [0.2, 0.25) is 0 Å². The van der Waals surface area contributed by atoms with E-state index in [9.17, 15) is 23.3 Å². The highest BCUT2D eigenvalue weighted by Gasteiger charge is 2.26. The van der Waals surface area contributed by atoms with Gasteiger partial charge in [-0.1, -0.05) is 13.0 Å². The van der Waals surface area contributed by atoms with Gasteiger partial charge in [0, 0.05) is 30.4 Å². The van der Waals surface area contributed by atoms with E-state index < -0.39 is 14.9 Å². The second kappa shape index (κ2) is 9.44. The van der Waals surface area contributed by atoms with E-state index in [4.69, 9.17) is 0 Å². The summed E-state index contributed by atoms with van der Waals surface area (Å²) >= 11 is 0. The van der Waals surface area contributed by atoms with Crippen molar-refractivity contribution in [1.82, 2.24) is 4.72 Å². The van der Waals surface area contributed by atoms with Gasteiger partial charge in [-0.3, -0.25) is 14.9 Å². The number of hydrogen-bond donors (Lipinski definition) is 3. The molecule has 0 aromatic heterocycles. The number of rotatable bonds is 7. The van der Waals surface area contributed by atoms with Gasteiger partial charge in [0.05, 0.1) is 9.82 Å². The van der Waals surface area contributed by atoms with Crippen LogP contribution in [0.3, 0.4) is 0 Å². The summed E-state index contributed by atoms with van der Waals surface area (Å²) in [6.45, 7) is 3.53. The minimum atomic E-state index is -3.87. The third kappa shape index (κ3) is 6.02. The molecule has 1 aliphatic rings. The average molecular weight is 447 g/mol. The molecule has 1 saturated carbocycles. The Morgan fingerprint density at radius 2 is 1.74 bits per heavy atom. The van der Waals surface area contributed by atoms with Crippen LogP contribution < -0.4 is 15.4 Å². The van der Waals surface area contributed by atoms with E-state index in [1.165, 1.54) is 19.1 Å². The Morgan fingerprint density at radius 1 is 1.06 bits per heavy atom. The summed E-state index contributed by atoms with van der Waals surface area (Å²) in [6, 6.07) is 10.3. The first kappa shape index (κ1) is 22.7. The molecule has 9 nitrogen and oxygen atoms in total. The number of sulfonamides is 1. The molecular formula is C21H26N4O5S. The van der Waals surface area contributed by atoms with Crippen molar-refractivity contribution >= 4 is 38.7 Å². The molecule has 0 saturated heterocycles. The number of hydrogen-bond acceptors (Lipinski definition) is 6. The van der Waals surface area contributed by atoms with Crippen LogP contribution in [0.1, 0.15) is 39.5 Å². The molecule has 10 heteroatoms. The summed E-state index contributed by atoms with van der Waals surface area (Å²) in [6.07, 6.45) is 3.42. The number of anilines is 3. The molecule has 1 amide bonds. The average Bonchev–Trinajstić information content (AvgIpc) is 2.69. The van der Waals surface area contributed by atoms with Crippen molar-refractivity contribution in [2.45, 2.75) is 50.5 Å². The molecule has 0 heterocycles. The predicted molar refractivity (Wildman–Crippen MR) is 119 cm³/mol. The molecule has 0 atom stereocenters. The van der Waals surface area contributed by atoms with Crippen molar-refractivity contribution in [2.24, 2.45) is 5.92 Å². The molecule has 0 spiro atoms. The fourth-order valence-electron chi connectivity index (χ4n) is 3.63. The number of carbonyl (C=O) groups excluding carboxylic acids is 1. The van der Waals surface area contributed by atoms with Crippen LogP contribution in [-0.4, -0.2) is 25.3 Å². The highest BCUT2D eigenvalue weighted by Crippen LogP contribution is 2.32. The van der Waals surface area contributed by atoms with Gasteiger partial charge in [-0.25, -0.2) is 13.1 Å². The highest BCUT2D eigenvalue weighted by atomic mass is 32.2. The van der Waals surface area contributed by atoms with Gasteiger partial charge in [-0.2, -0.15) is 0 Å². The molecule has 1 aliphatic carbocycles. The van der Waals surface area contributed by atoms with Gasteiger partial charge in [0.25, 0.3) is 5.69 Å². The number of nitro groups is 1. The Bertz CT molecular complexity index is 1080. The molecule has 1 fully saturated rings. The standard InChI is InChI=1S/C21H26N4O5S/c1-14-6-8-16(9-7-14)24-31(29,30)19-10-11-20(21(13-19)25(27)28)23-18-5-3-4-17(12-18)22-15(2)26/h3-5,10-14,16,23-24H,6-9H2,1-2H3,(H,22,26). The highest BCUT2D eigenvalue weighted by molar-refractivity contribution is 7.89. The minimum absolute atomic E-state index is 0.143. The summed E-state index contributed by atoms with van der Waals surface area (Å²) < 4.78 is 28.2. The quantitative estimate of drug-likeness (QED) is 0.432. The Morgan fingerprint density at radius 3 is 2.39 bits per heavy atom.